The summed E-state index contributed by atoms with van der Waals surface area (Å²) in [6.07, 6.45) is 5.31. The van der Waals surface area contributed by atoms with E-state index in [1.165, 1.54) is 32.7 Å². The molecular weight excluding hydrogens is 252 g/mol. The first-order chi connectivity index (χ1) is 9.34. The van der Waals surface area contributed by atoms with Crippen molar-refractivity contribution in [2.24, 2.45) is 0 Å². The van der Waals surface area contributed by atoms with Gasteiger partial charge in [0, 0.05) is 0 Å². The van der Waals surface area contributed by atoms with Gasteiger partial charge >= 0.3 is 0 Å². The van der Waals surface area contributed by atoms with E-state index >= 15 is 0 Å². The summed E-state index contributed by atoms with van der Waals surface area (Å²) < 4.78 is 0. The number of hydrogen-bond donors (Lipinski definition) is 0. The van der Waals surface area contributed by atoms with Crippen molar-refractivity contribution in [2.45, 2.75) is 11.8 Å². The number of hydrogen-bond acceptors (Lipinski definition) is 0. The molecule has 0 saturated heterocycles. The van der Waals surface area contributed by atoms with Gasteiger partial charge in [-0.3, -0.25) is 0 Å². The Bertz CT molecular complexity index is 814. The van der Waals surface area contributed by atoms with Crippen molar-refractivity contribution in [2.75, 3.05) is 0 Å². The van der Waals surface area contributed by atoms with Crippen LogP contribution in [0, 0.1) is 0 Å². The molecule has 0 N–H and O–H groups in total. The van der Waals surface area contributed by atoms with E-state index in [0.29, 0.717) is 0 Å². The number of halogens is 1. The highest BCUT2D eigenvalue weighted by Crippen LogP contribution is 2.38. The van der Waals surface area contributed by atoms with Crippen molar-refractivity contribution in [3.63, 3.8) is 0 Å². The minimum absolute atomic E-state index is 0.107. The molecule has 0 fully saturated rings. The summed E-state index contributed by atoms with van der Waals surface area (Å²) >= 11 is 6.41. The number of fused-ring (bicyclic) bond motifs is 5. The van der Waals surface area contributed by atoms with Crippen molar-refractivity contribution in [1.29, 1.82) is 0 Å². The SMILES string of the molecule is ClC1CC=Cc2c1ccc1c2ccc2ccccc21. The Morgan fingerprint density at radius 1 is 0.842 bits per heavy atom. The molecule has 1 heteroatoms. The smallest absolute Gasteiger partial charge is 0.0625 e. The standard InChI is InChI=1S/C18H13Cl/c19-18-7-3-6-14-16-9-8-12-4-1-2-5-13(12)15(16)10-11-17(14)18/h1-6,8-11,18H,7H2. The van der Waals surface area contributed by atoms with Crippen LogP contribution >= 0.6 is 11.6 Å². The van der Waals surface area contributed by atoms with Crippen LogP contribution in [0.1, 0.15) is 22.9 Å². The number of benzene rings is 3. The highest BCUT2D eigenvalue weighted by Gasteiger charge is 2.16. The topological polar surface area (TPSA) is 0 Å². The first kappa shape index (κ1) is 11.1. The maximum Gasteiger partial charge on any atom is 0.0625 e. The maximum absolute atomic E-state index is 6.41. The monoisotopic (exact) mass is 264 g/mol. The third kappa shape index (κ3) is 1.60. The minimum atomic E-state index is 0.107. The molecule has 0 spiro atoms. The number of allylic oxidation sites excluding steroid dienone is 1. The van der Waals surface area contributed by atoms with Gasteiger partial charge in [0.2, 0.25) is 0 Å². The number of alkyl halides is 1. The van der Waals surface area contributed by atoms with Gasteiger partial charge in [0.05, 0.1) is 5.38 Å². The lowest BCUT2D eigenvalue weighted by Crippen LogP contribution is -1.98. The summed E-state index contributed by atoms with van der Waals surface area (Å²) in [5, 5.41) is 5.32. The molecule has 1 unspecified atom stereocenters. The Morgan fingerprint density at radius 3 is 2.63 bits per heavy atom. The molecule has 0 radical (unpaired) electrons. The Morgan fingerprint density at radius 2 is 1.68 bits per heavy atom. The minimum Gasteiger partial charge on any atom is -0.117 e. The van der Waals surface area contributed by atoms with Gasteiger partial charge in [0.1, 0.15) is 0 Å². The average Bonchev–Trinajstić information content (AvgIpc) is 2.47. The predicted octanol–water partition coefficient (Wildman–Crippen LogP) is 5.69. The molecule has 0 bridgehead atoms. The number of rotatable bonds is 0. The average molecular weight is 265 g/mol. The van der Waals surface area contributed by atoms with Crippen molar-refractivity contribution in [1.82, 2.24) is 0 Å². The van der Waals surface area contributed by atoms with Crippen LogP contribution in [0.4, 0.5) is 0 Å². The van der Waals surface area contributed by atoms with E-state index in [0.717, 1.165) is 6.42 Å². The van der Waals surface area contributed by atoms with Crippen molar-refractivity contribution in [3.8, 4) is 0 Å². The second-order valence-corrected chi connectivity index (χ2v) is 5.58. The van der Waals surface area contributed by atoms with Crippen LogP contribution < -0.4 is 0 Å². The van der Waals surface area contributed by atoms with E-state index in [1.54, 1.807) is 0 Å². The van der Waals surface area contributed by atoms with Crippen LogP contribution in [0.2, 0.25) is 0 Å². The quantitative estimate of drug-likeness (QED) is 0.361. The highest BCUT2D eigenvalue weighted by molar-refractivity contribution is 6.22. The zero-order valence-electron chi connectivity index (χ0n) is 10.4. The van der Waals surface area contributed by atoms with Crippen LogP contribution in [0.3, 0.4) is 0 Å². The van der Waals surface area contributed by atoms with Crippen LogP contribution in [0.25, 0.3) is 27.6 Å². The Balaban J connectivity index is 2.17. The fourth-order valence-electron chi connectivity index (χ4n) is 3.02. The molecule has 4 rings (SSSR count). The van der Waals surface area contributed by atoms with Crippen LogP contribution in [-0.4, -0.2) is 0 Å². The largest absolute Gasteiger partial charge is 0.117 e. The van der Waals surface area contributed by atoms with E-state index in [9.17, 15) is 0 Å². The van der Waals surface area contributed by atoms with Crippen molar-refractivity contribution < 1.29 is 0 Å². The second kappa shape index (κ2) is 4.11. The molecule has 92 valence electrons. The molecule has 0 aromatic heterocycles. The van der Waals surface area contributed by atoms with Gasteiger partial charge in [-0.15, -0.1) is 11.6 Å². The molecule has 19 heavy (non-hydrogen) atoms. The first-order valence-corrected chi connectivity index (χ1v) is 7.03. The Labute approximate surface area is 117 Å². The van der Waals surface area contributed by atoms with Crippen LogP contribution in [0.15, 0.2) is 54.6 Å². The van der Waals surface area contributed by atoms with E-state index < -0.39 is 0 Å². The van der Waals surface area contributed by atoms with Gasteiger partial charge in [-0.25, -0.2) is 0 Å². The highest BCUT2D eigenvalue weighted by atomic mass is 35.5. The summed E-state index contributed by atoms with van der Waals surface area (Å²) in [4.78, 5) is 0. The zero-order valence-corrected chi connectivity index (χ0v) is 11.2. The Hall–Kier alpha value is -1.79. The van der Waals surface area contributed by atoms with E-state index in [4.69, 9.17) is 11.6 Å². The Kier molecular flexibility index (Phi) is 2.39. The summed E-state index contributed by atoms with van der Waals surface area (Å²) in [6, 6.07) is 17.3. The third-order valence-corrected chi connectivity index (χ3v) is 4.38. The molecule has 3 aromatic carbocycles. The molecule has 1 aliphatic rings. The molecule has 1 aliphatic carbocycles. The maximum atomic E-state index is 6.41. The summed E-state index contributed by atoms with van der Waals surface area (Å²) in [6.45, 7) is 0. The fourth-order valence-corrected chi connectivity index (χ4v) is 3.31. The van der Waals surface area contributed by atoms with Gasteiger partial charge in [0.15, 0.2) is 0 Å². The fraction of sp³-hybridized carbons (Fsp3) is 0.111. The van der Waals surface area contributed by atoms with Crippen molar-refractivity contribution >= 4 is 39.2 Å². The lowest BCUT2D eigenvalue weighted by Gasteiger charge is -2.18. The van der Waals surface area contributed by atoms with Gasteiger partial charge in [-0.1, -0.05) is 60.7 Å². The summed E-state index contributed by atoms with van der Waals surface area (Å²) in [5.74, 6) is 0. The first-order valence-electron chi connectivity index (χ1n) is 6.59. The molecular formula is C18H13Cl. The molecule has 0 heterocycles. The molecule has 1 atom stereocenters. The van der Waals surface area contributed by atoms with E-state index in [1.807, 2.05) is 0 Å². The summed E-state index contributed by atoms with van der Waals surface area (Å²) in [7, 11) is 0. The van der Waals surface area contributed by atoms with Crippen LogP contribution in [0.5, 0.6) is 0 Å². The van der Waals surface area contributed by atoms with Gasteiger partial charge in [-0.05, 0) is 39.1 Å². The van der Waals surface area contributed by atoms with E-state index in [-0.39, 0.29) is 5.38 Å². The van der Waals surface area contributed by atoms with Crippen molar-refractivity contribution in [3.05, 3.63) is 65.7 Å². The third-order valence-electron chi connectivity index (χ3n) is 3.97. The lowest BCUT2D eigenvalue weighted by atomic mass is 9.90. The van der Waals surface area contributed by atoms with Gasteiger partial charge in [-0.2, -0.15) is 0 Å². The van der Waals surface area contributed by atoms with Gasteiger partial charge < -0.3 is 0 Å². The predicted molar refractivity (Wildman–Crippen MR) is 83.7 cm³/mol. The second-order valence-electron chi connectivity index (χ2n) is 5.06. The molecule has 0 aliphatic heterocycles. The van der Waals surface area contributed by atoms with E-state index in [2.05, 4.69) is 60.7 Å². The van der Waals surface area contributed by atoms with Crippen LogP contribution in [-0.2, 0) is 0 Å². The molecule has 0 saturated carbocycles. The van der Waals surface area contributed by atoms with Gasteiger partial charge in [0.25, 0.3) is 0 Å². The molecule has 3 aromatic rings. The molecule has 0 amide bonds. The molecule has 0 nitrogen and oxygen atoms in total. The lowest BCUT2D eigenvalue weighted by molar-refractivity contribution is 0.946. The normalized spacial score (nSPS) is 17.8. The summed E-state index contributed by atoms with van der Waals surface area (Å²) in [5.41, 5.74) is 2.54. The zero-order chi connectivity index (χ0) is 12.8.